The van der Waals surface area contributed by atoms with Gasteiger partial charge in [-0.15, -0.1) is 0 Å². The Bertz CT molecular complexity index is 213. The molecule has 1 amide bonds. The molecule has 1 saturated carbocycles. The van der Waals surface area contributed by atoms with Crippen LogP contribution >= 0.6 is 0 Å². The number of nitrogens with zero attached hydrogens (tertiary/aromatic N) is 1. The van der Waals surface area contributed by atoms with Crippen molar-refractivity contribution < 1.29 is 9.59 Å². The topological polar surface area (TPSA) is 49.4 Å². The Morgan fingerprint density at radius 1 is 1.40 bits per heavy atom. The van der Waals surface area contributed by atoms with Gasteiger partial charge in [0, 0.05) is 13.1 Å². The van der Waals surface area contributed by atoms with E-state index in [-0.39, 0.29) is 12.5 Å². The highest BCUT2D eigenvalue weighted by Gasteiger charge is 2.15. The van der Waals surface area contributed by atoms with Crippen molar-refractivity contribution in [3.05, 3.63) is 0 Å². The lowest BCUT2D eigenvalue weighted by Gasteiger charge is -2.23. The predicted molar refractivity (Wildman–Crippen MR) is 58.2 cm³/mol. The average molecular weight is 211 g/mol. The second-order valence-corrected chi connectivity index (χ2v) is 4.11. The van der Waals surface area contributed by atoms with E-state index in [9.17, 15) is 9.59 Å². The molecule has 1 rings (SSSR count). The molecule has 1 aliphatic carbocycles. The zero-order valence-corrected chi connectivity index (χ0v) is 9.29. The van der Waals surface area contributed by atoms with E-state index in [1.165, 1.54) is 24.2 Å². The molecule has 4 nitrogen and oxygen atoms in total. The number of hydrogen-bond acceptors (Lipinski definition) is 3. The molecule has 0 saturated heterocycles. The third-order valence-corrected chi connectivity index (χ3v) is 2.87. The quantitative estimate of drug-likeness (QED) is 0.719. The monoisotopic (exact) mass is 211 g/mol. The molecule has 1 N–H and O–H groups in total. The Kier molecular flexibility index (Phi) is 5.32. The SMILES string of the molecule is CN(C[C]=O)C(=O)CNC1CCCCC1. The molecule has 1 radical (unpaired) electrons. The van der Waals surface area contributed by atoms with Crippen LogP contribution in [0.1, 0.15) is 32.1 Å². The first-order chi connectivity index (χ1) is 7.24. The Balaban J connectivity index is 2.17. The summed E-state index contributed by atoms with van der Waals surface area (Å²) >= 11 is 0. The second-order valence-electron chi connectivity index (χ2n) is 4.11. The van der Waals surface area contributed by atoms with Crippen molar-refractivity contribution in [2.45, 2.75) is 38.1 Å². The highest BCUT2D eigenvalue weighted by atomic mass is 16.2. The number of nitrogens with one attached hydrogen (secondary N) is 1. The predicted octanol–water partition coefficient (Wildman–Crippen LogP) is 0.477. The Hall–Kier alpha value is -0.900. The second kappa shape index (κ2) is 6.56. The smallest absolute Gasteiger partial charge is 0.236 e. The fourth-order valence-corrected chi connectivity index (χ4v) is 1.86. The molecule has 4 heteroatoms. The number of likely N-dealkylation sites (N-methyl/N-ethyl adjacent to an activating group) is 1. The van der Waals surface area contributed by atoms with Crippen molar-refractivity contribution in [2.75, 3.05) is 20.1 Å². The summed E-state index contributed by atoms with van der Waals surface area (Å²) in [5.74, 6) is -0.0380. The first-order valence-corrected chi connectivity index (χ1v) is 5.56. The van der Waals surface area contributed by atoms with Gasteiger partial charge in [-0.25, -0.2) is 0 Å². The molecule has 0 heterocycles. The van der Waals surface area contributed by atoms with Crippen molar-refractivity contribution in [2.24, 2.45) is 0 Å². The van der Waals surface area contributed by atoms with Crippen LogP contribution in [0.4, 0.5) is 0 Å². The fraction of sp³-hybridized carbons (Fsp3) is 0.818. The summed E-state index contributed by atoms with van der Waals surface area (Å²) in [7, 11) is 1.62. The number of amides is 1. The molecule has 0 aromatic carbocycles. The molecule has 0 bridgehead atoms. The maximum atomic E-state index is 11.5. The molecule has 0 unspecified atom stereocenters. The molecular weight excluding hydrogens is 192 g/mol. The summed E-state index contributed by atoms with van der Waals surface area (Å²) in [5.41, 5.74) is 0. The van der Waals surface area contributed by atoms with Crippen LogP contribution in [0, 0.1) is 0 Å². The van der Waals surface area contributed by atoms with Gasteiger partial charge in [-0.2, -0.15) is 0 Å². The summed E-state index contributed by atoms with van der Waals surface area (Å²) in [6, 6.07) is 0.483. The van der Waals surface area contributed by atoms with Gasteiger partial charge in [0.15, 0.2) is 0 Å². The van der Waals surface area contributed by atoms with E-state index >= 15 is 0 Å². The van der Waals surface area contributed by atoms with Gasteiger partial charge >= 0.3 is 0 Å². The normalized spacial score (nSPS) is 17.4. The third-order valence-electron chi connectivity index (χ3n) is 2.87. The highest BCUT2D eigenvalue weighted by molar-refractivity contribution is 5.80. The molecule has 0 aromatic heterocycles. The summed E-state index contributed by atoms with van der Waals surface area (Å²) in [6.45, 7) is 0.397. The highest BCUT2D eigenvalue weighted by Crippen LogP contribution is 2.16. The van der Waals surface area contributed by atoms with Crippen LogP contribution in [0.25, 0.3) is 0 Å². The van der Waals surface area contributed by atoms with Gasteiger partial charge in [-0.05, 0) is 12.8 Å². The van der Waals surface area contributed by atoms with Gasteiger partial charge in [0.05, 0.1) is 13.1 Å². The van der Waals surface area contributed by atoms with Gasteiger partial charge in [0.1, 0.15) is 0 Å². The number of carbonyl (C=O) groups is 1. The maximum Gasteiger partial charge on any atom is 0.236 e. The fourth-order valence-electron chi connectivity index (χ4n) is 1.86. The molecule has 0 spiro atoms. The van der Waals surface area contributed by atoms with Gasteiger partial charge in [0.2, 0.25) is 12.2 Å². The molecule has 1 aliphatic rings. The van der Waals surface area contributed by atoms with Crippen molar-refractivity contribution in [1.29, 1.82) is 0 Å². The Morgan fingerprint density at radius 2 is 2.07 bits per heavy atom. The van der Waals surface area contributed by atoms with E-state index in [0.717, 1.165) is 12.8 Å². The first kappa shape index (κ1) is 12.2. The van der Waals surface area contributed by atoms with Gasteiger partial charge in [-0.1, -0.05) is 19.3 Å². The van der Waals surface area contributed by atoms with Gasteiger partial charge in [-0.3, -0.25) is 9.59 Å². The molecule has 0 atom stereocenters. The number of hydrogen-bond donors (Lipinski definition) is 1. The number of rotatable bonds is 5. The van der Waals surface area contributed by atoms with Crippen LogP contribution in [0.15, 0.2) is 0 Å². The zero-order chi connectivity index (χ0) is 11.1. The standard InChI is InChI=1S/C11H19N2O2/c1-13(7-8-14)11(15)9-12-10-5-3-2-4-6-10/h10,12H,2-7,9H2,1H3. The molecule has 0 aromatic rings. The summed E-state index contributed by atoms with van der Waals surface area (Å²) in [5, 5.41) is 3.24. The lowest BCUT2D eigenvalue weighted by molar-refractivity contribution is -0.128. The minimum absolute atomic E-state index is 0.0380. The lowest BCUT2D eigenvalue weighted by atomic mass is 9.95. The first-order valence-electron chi connectivity index (χ1n) is 5.56. The van der Waals surface area contributed by atoms with Gasteiger partial charge < -0.3 is 10.2 Å². The molecular formula is C11H19N2O2. The van der Waals surface area contributed by atoms with E-state index in [2.05, 4.69) is 5.32 Å². The van der Waals surface area contributed by atoms with Crippen molar-refractivity contribution >= 4 is 12.2 Å². The van der Waals surface area contributed by atoms with Crippen LogP contribution in [-0.4, -0.2) is 43.3 Å². The minimum atomic E-state index is -0.0380. The third kappa shape index (κ3) is 4.42. The molecule has 1 fully saturated rings. The van der Waals surface area contributed by atoms with Crippen molar-refractivity contribution in [3.63, 3.8) is 0 Å². The van der Waals surface area contributed by atoms with E-state index in [1.807, 2.05) is 0 Å². The Morgan fingerprint density at radius 3 is 2.67 bits per heavy atom. The largest absolute Gasteiger partial charge is 0.337 e. The van der Waals surface area contributed by atoms with E-state index in [4.69, 9.17) is 0 Å². The van der Waals surface area contributed by atoms with Crippen molar-refractivity contribution in [1.82, 2.24) is 10.2 Å². The van der Waals surface area contributed by atoms with E-state index < -0.39 is 0 Å². The molecule has 15 heavy (non-hydrogen) atoms. The summed E-state index contributed by atoms with van der Waals surface area (Å²) < 4.78 is 0. The van der Waals surface area contributed by atoms with Crippen LogP contribution < -0.4 is 5.32 Å². The minimum Gasteiger partial charge on any atom is -0.337 e. The lowest BCUT2D eigenvalue weighted by Crippen LogP contribution is -2.41. The Labute approximate surface area is 91.0 Å². The van der Waals surface area contributed by atoms with Crippen LogP contribution in [0.5, 0.6) is 0 Å². The van der Waals surface area contributed by atoms with E-state index in [0.29, 0.717) is 12.6 Å². The summed E-state index contributed by atoms with van der Waals surface area (Å²) in [6.07, 6.45) is 7.86. The van der Waals surface area contributed by atoms with Crippen LogP contribution in [0.2, 0.25) is 0 Å². The summed E-state index contributed by atoms with van der Waals surface area (Å²) in [4.78, 5) is 22.9. The van der Waals surface area contributed by atoms with Crippen LogP contribution in [0.3, 0.4) is 0 Å². The molecule has 0 aliphatic heterocycles. The molecule has 85 valence electrons. The van der Waals surface area contributed by atoms with Crippen LogP contribution in [-0.2, 0) is 9.59 Å². The average Bonchev–Trinajstić information content (AvgIpc) is 2.27. The zero-order valence-electron chi connectivity index (χ0n) is 9.29. The number of carbonyl (C=O) groups excluding carboxylic acids is 2. The van der Waals surface area contributed by atoms with E-state index in [1.54, 1.807) is 13.3 Å². The van der Waals surface area contributed by atoms with Gasteiger partial charge in [0.25, 0.3) is 0 Å². The maximum absolute atomic E-state index is 11.5. The van der Waals surface area contributed by atoms with Crippen molar-refractivity contribution in [3.8, 4) is 0 Å².